The number of rotatable bonds is 5. The van der Waals surface area contributed by atoms with E-state index in [2.05, 4.69) is 30.8 Å². The van der Waals surface area contributed by atoms with Gasteiger partial charge in [0, 0.05) is 23.2 Å². The number of hydrogen-bond donors (Lipinski definition) is 4. The Balaban J connectivity index is 1.58. The molecule has 1 fully saturated rings. The van der Waals surface area contributed by atoms with Crippen LogP contribution in [0.25, 0.3) is 27.8 Å². The van der Waals surface area contributed by atoms with E-state index in [1.807, 2.05) is 13.8 Å². The molecule has 1 aromatic carbocycles. The van der Waals surface area contributed by atoms with Crippen molar-refractivity contribution in [3.63, 3.8) is 0 Å². The lowest BCUT2D eigenvalue weighted by Crippen LogP contribution is -2.37. The lowest BCUT2D eigenvalue weighted by molar-refractivity contribution is -0.118. The first-order valence-electron chi connectivity index (χ1n) is 9.83. The van der Waals surface area contributed by atoms with E-state index in [1.165, 1.54) is 6.20 Å². The lowest BCUT2D eigenvalue weighted by atomic mass is 10.1. The first kappa shape index (κ1) is 19.7. The molecular weight excluding hydrogens is 423 g/mol. The van der Waals surface area contributed by atoms with Gasteiger partial charge in [-0.3, -0.25) is 14.9 Å². The summed E-state index contributed by atoms with van der Waals surface area (Å²) in [5.41, 5.74) is 7.25. The number of amides is 1. The number of halogens is 2. The molecule has 160 valence electrons. The fourth-order valence-electron chi connectivity index (χ4n) is 3.48. The van der Waals surface area contributed by atoms with Crippen molar-refractivity contribution in [1.29, 1.82) is 0 Å². The maximum Gasteiger partial charge on any atom is 0.245 e. The summed E-state index contributed by atoms with van der Waals surface area (Å²) in [6.07, 6.45) is 7.75. The summed E-state index contributed by atoms with van der Waals surface area (Å²) in [7, 11) is 0. The van der Waals surface area contributed by atoms with Crippen LogP contribution in [0.2, 0.25) is 5.02 Å². The topological polar surface area (TPSA) is 126 Å². The number of anilines is 2. The number of nitrogens with zero attached hydrogens (tertiary/aromatic N) is 4. The van der Waals surface area contributed by atoms with Gasteiger partial charge in [0.1, 0.15) is 0 Å². The van der Waals surface area contributed by atoms with E-state index >= 15 is 4.39 Å². The normalized spacial score (nSPS) is 15.0. The molecule has 3 aromatic heterocycles. The van der Waals surface area contributed by atoms with Crippen LogP contribution in [0.4, 0.5) is 15.9 Å². The van der Waals surface area contributed by atoms with Crippen LogP contribution in [-0.4, -0.2) is 42.1 Å². The zero-order chi connectivity index (χ0) is 21.9. The number of aromatic amines is 1. The first-order chi connectivity index (χ1) is 14.8. The quantitative estimate of drug-likeness (QED) is 0.375. The number of nitrogens with two attached hydrogens (primary N) is 1. The Hall–Kier alpha value is -3.24. The first-order valence-corrected chi connectivity index (χ1v) is 10.2. The van der Waals surface area contributed by atoms with Gasteiger partial charge in [-0.1, -0.05) is 11.6 Å². The van der Waals surface area contributed by atoms with E-state index in [-0.39, 0.29) is 22.7 Å². The molecule has 1 aliphatic carbocycles. The van der Waals surface area contributed by atoms with Crippen molar-refractivity contribution >= 4 is 45.6 Å². The van der Waals surface area contributed by atoms with Gasteiger partial charge in [0.25, 0.3) is 0 Å². The molecule has 9 nitrogen and oxygen atoms in total. The molecule has 5 rings (SSSR count). The second-order valence-corrected chi connectivity index (χ2v) is 8.49. The number of carbonyl (C=O) groups excluding carboxylic acids is 1. The Labute approximate surface area is 181 Å². The maximum absolute atomic E-state index is 15.1. The van der Waals surface area contributed by atoms with Gasteiger partial charge in [-0.25, -0.2) is 9.37 Å². The highest BCUT2D eigenvalue weighted by Gasteiger charge is 2.46. The van der Waals surface area contributed by atoms with Crippen LogP contribution >= 0.6 is 11.6 Å². The van der Waals surface area contributed by atoms with E-state index < -0.39 is 11.4 Å². The highest BCUT2D eigenvalue weighted by molar-refractivity contribution is 6.35. The number of nitrogens with one attached hydrogen (secondary N) is 3. The van der Waals surface area contributed by atoms with E-state index in [0.29, 0.717) is 46.5 Å². The summed E-state index contributed by atoms with van der Waals surface area (Å²) in [5.74, 6) is -0.481. The van der Waals surface area contributed by atoms with Gasteiger partial charge in [-0.15, -0.1) is 0 Å². The Morgan fingerprint density at radius 3 is 2.84 bits per heavy atom. The fraction of sp³-hybridized carbons (Fsp3) is 0.300. The standard InChI is InChI=1S/C20H20ClFN8O/c1-9(2)26-18-16(22)15(21)14(10-5-25-29-17(10)18)11-7-30-8-12(27-13(30)6-24-11)28-19(31)20(23)3-4-20/h5-9,26H,3-4,23H2,1-2H3,(H,25,29)(H,28,31). The molecule has 0 atom stereocenters. The van der Waals surface area contributed by atoms with Crippen LogP contribution in [-0.2, 0) is 4.79 Å². The number of carbonyl (C=O) groups is 1. The average molecular weight is 443 g/mol. The number of benzene rings is 1. The predicted octanol–water partition coefficient (Wildman–Crippen LogP) is 3.32. The summed E-state index contributed by atoms with van der Waals surface area (Å²) in [6.45, 7) is 3.81. The number of aromatic nitrogens is 5. The average Bonchev–Trinajstić information content (AvgIpc) is 3.12. The molecule has 0 bridgehead atoms. The van der Waals surface area contributed by atoms with Gasteiger partial charge < -0.3 is 20.8 Å². The molecule has 4 aromatic rings. The summed E-state index contributed by atoms with van der Waals surface area (Å²) < 4.78 is 16.8. The third-order valence-corrected chi connectivity index (χ3v) is 5.66. The molecule has 3 heterocycles. The summed E-state index contributed by atoms with van der Waals surface area (Å²) in [6, 6.07) is 0.000250. The maximum atomic E-state index is 15.1. The van der Waals surface area contributed by atoms with E-state index in [0.717, 1.165) is 0 Å². The highest BCUT2D eigenvalue weighted by Crippen LogP contribution is 2.41. The molecule has 31 heavy (non-hydrogen) atoms. The second-order valence-electron chi connectivity index (χ2n) is 8.11. The minimum Gasteiger partial charge on any atom is -0.379 e. The molecule has 0 unspecified atom stereocenters. The van der Waals surface area contributed by atoms with Crippen LogP contribution in [0.5, 0.6) is 0 Å². The third kappa shape index (κ3) is 3.28. The molecule has 1 aliphatic rings. The Kier molecular flexibility index (Phi) is 4.38. The second kappa shape index (κ2) is 6.89. The Morgan fingerprint density at radius 1 is 1.35 bits per heavy atom. The van der Waals surface area contributed by atoms with Gasteiger partial charge in [0.2, 0.25) is 5.91 Å². The summed E-state index contributed by atoms with van der Waals surface area (Å²) in [5, 5.41) is 13.3. The van der Waals surface area contributed by atoms with Crippen LogP contribution in [0, 0.1) is 5.82 Å². The van der Waals surface area contributed by atoms with Crippen LogP contribution in [0.15, 0.2) is 24.8 Å². The van der Waals surface area contributed by atoms with Gasteiger partial charge >= 0.3 is 0 Å². The largest absolute Gasteiger partial charge is 0.379 e. The van der Waals surface area contributed by atoms with Crippen molar-refractivity contribution < 1.29 is 9.18 Å². The monoisotopic (exact) mass is 442 g/mol. The molecule has 1 saturated carbocycles. The number of H-pyrrole nitrogens is 1. The van der Waals surface area contributed by atoms with Gasteiger partial charge in [0.05, 0.1) is 46.1 Å². The van der Waals surface area contributed by atoms with Crippen molar-refractivity contribution in [2.24, 2.45) is 5.73 Å². The van der Waals surface area contributed by atoms with Crippen LogP contribution in [0.3, 0.4) is 0 Å². The highest BCUT2D eigenvalue weighted by atomic mass is 35.5. The van der Waals surface area contributed by atoms with Gasteiger partial charge in [-0.2, -0.15) is 5.10 Å². The number of fused-ring (bicyclic) bond motifs is 2. The van der Waals surface area contributed by atoms with Crippen molar-refractivity contribution in [3.8, 4) is 11.3 Å². The zero-order valence-electron chi connectivity index (χ0n) is 16.8. The van der Waals surface area contributed by atoms with Crippen molar-refractivity contribution in [2.75, 3.05) is 10.6 Å². The van der Waals surface area contributed by atoms with Crippen molar-refractivity contribution in [1.82, 2.24) is 24.6 Å². The van der Waals surface area contributed by atoms with Crippen molar-refractivity contribution in [2.45, 2.75) is 38.3 Å². The summed E-state index contributed by atoms with van der Waals surface area (Å²) in [4.78, 5) is 21.0. The van der Waals surface area contributed by atoms with E-state index in [1.54, 1.807) is 23.0 Å². The zero-order valence-corrected chi connectivity index (χ0v) is 17.6. The molecule has 5 N–H and O–H groups in total. The van der Waals surface area contributed by atoms with Crippen LogP contribution in [0.1, 0.15) is 26.7 Å². The van der Waals surface area contributed by atoms with Gasteiger partial charge in [-0.05, 0) is 26.7 Å². The SMILES string of the molecule is CC(C)Nc1c(F)c(Cl)c(-c2cn3cc(NC(=O)C4(N)CC4)nc3cn2)c2cn[nH]c12. The molecule has 11 heteroatoms. The van der Waals surface area contributed by atoms with E-state index in [4.69, 9.17) is 17.3 Å². The van der Waals surface area contributed by atoms with Crippen LogP contribution < -0.4 is 16.4 Å². The minimum absolute atomic E-state index is 0.000250. The minimum atomic E-state index is -0.803. The molecule has 0 radical (unpaired) electrons. The molecular formula is C20H20ClFN8O. The summed E-state index contributed by atoms with van der Waals surface area (Å²) >= 11 is 6.44. The smallest absolute Gasteiger partial charge is 0.245 e. The number of hydrogen-bond acceptors (Lipinski definition) is 6. The predicted molar refractivity (Wildman–Crippen MR) is 117 cm³/mol. The third-order valence-electron chi connectivity index (χ3n) is 5.30. The molecule has 1 amide bonds. The lowest BCUT2D eigenvalue weighted by Gasteiger charge is -2.15. The van der Waals surface area contributed by atoms with Crippen molar-refractivity contribution in [3.05, 3.63) is 35.6 Å². The van der Waals surface area contributed by atoms with E-state index in [9.17, 15) is 4.79 Å². The Morgan fingerprint density at radius 2 is 2.13 bits per heavy atom. The molecule has 0 aliphatic heterocycles. The fourth-order valence-corrected chi connectivity index (χ4v) is 3.77. The van der Waals surface area contributed by atoms with Gasteiger partial charge in [0.15, 0.2) is 17.3 Å². The number of imidazole rings is 1. The molecule has 0 saturated heterocycles. The molecule has 0 spiro atoms. The Bertz CT molecular complexity index is 1340.